The van der Waals surface area contributed by atoms with E-state index in [1.54, 1.807) is 26.0 Å². The minimum Gasteiger partial charge on any atom is -0.394 e. The number of aliphatic hydroxyl groups excluding tert-OH is 1. The lowest BCUT2D eigenvalue weighted by atomic mass is 10.5. The van der Waals surface area contributed by atoms with Gasteiger partial charge in [-0.1, -0.05) is 12.2 Å². The van der Waals surface area contributed by atoms with Gasteiger partial charge in [-0.15, -0.1) is 13.2 Å². The summed E-state index contributed by atoms with van der Waals surface area (Å²) in [7, 11) is 0. The highest BCUT2D eigenvalue weighted by Gasteiger charge is 1.69. The van der Waals surface area contributed by atoms with Gasteiger partial charge in [0.2, 0.25) is 0 Å². The molecule has 0 saturated carbocycles. The molecular weight excluding hydrogens is 124 g/mol. The van der Waals surface area contributed by atoms with Crippen LogP contribution in [0.2, 0.25) is 0 Å². The Bertz CT molecular complexity index is 47.0. The second kappa shape index (κ2) is 23.7. The molecule has 1 nitrogen and oxygen atoms in total. The number of hydrogen-bond donors (Lipinski definition) is 1. The topological polar surface area (TPSA) is 20.2 Å². The molecule has 0 aromatic heterocycles. The number of aliphatic hydroxyl groups is 1. The van der Waals surface area contributed by atoms with Gasteiger partial charge in [-0.2, -0.15) is 0 Å². The maximum absolute atomic E-state index is 8.06. The Morgan fingerprint density at radius 3 is 1.10 bits per heavy atom. The predicted molar refractivity (Wildman–Crippen MR) is 49.1 cm³/mol. The fourth-order valence-corrected chi connectivity index (χ4v) is 0. The zero-order chi connectivity index (χ0) is 8.99. The first-order valence-electron chi connectivity index (χ1n) is 3.38. The molecule has 0 spiro atoms. The van der Waals surface area contributed by atoms with Gasteiger partial charge < -0.3 is 5.11 Å². The maximum Gasteiger partial charge on any atom is 0.0483 e. The Hall–Kier alpha value is -0.560. The van der Waals surface area contributed by atoms with Crippen molar-refractivity contribution in [2.75, 3.05) is 0 Å². The van der Waals surface area contributed by atoms with Crippen molar-refractivity contribution >= 4 is 0 Å². The molecule has 0 atom stereocenters. The number of hydrogen-bond acceptors (Lipinski definition) is 1. The van der Waals surface area contributed by atoms with E-state index in [9.17, 15) is 0 Å². The molecule has 0 aliphatic rings. The molecule has 62 valence electrons. The minimum atomic E-state index is -0.167. The van der Waals surface area contributed by atoms with Gasteiger partial charge >= 0.3 is 0 Å². The van der Waals surface area contributed by atoms with Gasteiger partial charge in [0.25, 0.3) is 0 Å². The number of allylic oxidation sites excluding steroid dienone is 2. The molecule has 0 saturated heterocycles. The van der Waals surface area contributed by atoms with E-state index in [4.69, 9.17) is 5.11 Å². The molecule has 0 heterocycles. The lowest BCUT2D eigenvalue weighted by molar-refractivity contribution is 0.216. The second-order valence-corrected chi connectivity index (χ2v) is 1.91. The SMILES string of the molecule is C=CC.C=CC.CC(C)O. The van der Waals surface area contributed by atoms with E-state index < -0.39 is 0 Å². The highest BCUT2D eigenvalue weighted by Crippen LogP contribution is 1.65. The van der Waals surface area contributed by atoms with E-state index >= 15 is 0 Å². The smallest absolute Gasteiger partial charge is 0.0483 e. The lowest BCUT2D eigenvalue weighted by Gasteiger charge is -1.80. The molecule has 0 bridgehead atoms. The Labute approximate surface area is 65.1 Å². The molecule has 0 aromatic rings. The molecule has 0 amide bonds. The molecule has 0 radical (unpaired) electrons. The summed E-state index contributed by atoms with van der Waals surface area (Å²) in [4.78, 5) is 0. The summed E-state index contributed by atoms with van der Waals surface area (Å²) in [5.74, 6) is 0. The third-order valence-electron chi connectivity index (χ3n) is 0. The van der Waals surface area contributed by atoms with Crippen LogP contribution >= 0.6 is 0 Å². The quantitative estimate of drug-likeness (QED) is 0.518. The summed E-state index contributed by atoms with van der Waals surface area (Å²) in [6.45, 7) is 13.9. The summed E-state index contributed by atoms with van der Waals surface area (Å²) >= 11 is 0. The van der Waals surface area contributed by atoms with Gasteiger partial charge in [-0.05, 0) is 27.7 Å². The van der Waals surface area contributed by atoms with Crippen LogP contribution in [0.4, 0.5) is 0 Å². The van der Waals surface area contributed by atoms with Crippen molar-refractivity contribution in [2.24, 2.45) is 0 Å². The Morgan fingerprint density at radius 2 is 1.10 bits per heavy atom. The van der Waals surface area contributed by atoms with E-state index in [2.05, 4.69) is 13.2 Å². The zero-order valence-corrected chi connectivity index (χ0v) is 7.59. The summed E-state index contributed by atoms with van der Waals surface area (Å²) in [6.07, 6.45) is 3.33. The predicted octanol–water partition coefficient (Wildman–Crippen LogP) is 2.77. The van der Waals surface area contributed by atoms with E-state index in [1.807, 2.05) is 13.8 Å². The fourth-order valence-electron chi connectivity index (χ4n) is 0. The first-order valence-corrected chi connectivity index (χ1v) is 3.38. The van der Waals surface area contributed by atoms with Crippen LogP contribution in [0.3, 0.4) is 0 Å². The molecule has 1 N–H and O–H groups in total. The third kappa shape index (κ3) is 984. The van der Waals surface area contributed by atoms with Gasteiger partial charge in [-0.3, -0.25) is 0 Å². The third-order valence-corrected chi connectivity index (χ3v) is 0. The molecule has 10 heavy (non-hydrogen) atoms. The van der Waals surface area contributed by atoms with Crippen molar-refractivity contribution in [3.05, 3.63) is 25.3 Å². The van der Waals surface area contributed by atoms with Crippen LogP contribution in [-0.2, 0) is 0 Å². The Morgan fingerprint density at radius 1 is 1.10 bits per heavy atom. The first kappa shape index (κ1) is 16.2. The van der Waals surface area contributed by atoms with E-state index in [0.29, 0.717) is 0 Å². The molecular formula is C9H20O. The molecule has 0 fully saturated rings. The van der Waals surface area contributed by atoms with Crippen LogP contribution in [0.15, 0.2) is 25.3 Å². The molecule has 1 heteroatoms. The fraction of sp³-hybridized carbons (Fsp3) is 0.556. The largest absolute Gasteiger partial charge is 0.394 e. The molecule has 0 rings (SSSR count). The Balaban J connectivity index is -0.0000000750. The van der Waals surface area contributed by atoms with Crippen LogP contribution in [0.5, 0.6) is 0 Å². The standard InChI is InChI=1S/C3H8O.2C3H6/c1-3(2)4;2*1-3-2/h3-4H,1-2H3;2*3H,1H2,2H3. The van der Waals surface area contributed by atoms with E-state index in [1.165, 1.54) is 0 Å². The van der Waals surface area contributed by atoms with Crippen molar-refractivity contribution in [2.45, 2.75) is 33.8 Å². The summed E-state index contributed by atoms with van der Waals surface area (Å²) in [5, 5.41) is 8.06. The van der Waals surface area contributed by atoms with Gasteiger partial charge in [0, 0.05) is 6.10 Å². The molecule has 0 aliphatic carbocycles. The monoisotopic (exact) mass is 144 g/mol. The van der Waals surface area contributed by atoms with Crippen molar-refractivity contribution in [1.29, 1.82) is 0 Å². The van der Waals surface area contributed by atoms with Crippen LogP contribution in [0, 0.1) is 0 Å². The van der Waals surface area contributed by atoms with Gasteiger partial charge in [0.05, 0.1) is 0 Å². The molecule has 0 aliphatic heterocycles. The van der Waals surface area contributed by atoms with Crippen molar-refractivity contribution in [3.8, 4) is 0 Å². The maximum atomic E-state index is 8.06. The summed E-state index contributed by atoms with van der Waals surface area (Å²) < 4.78 is 0. The van der Waals surface area contributed by atoms with Crippen LogP contribution < -0.4 is 0 Å². The highest BCUT2D eigenvalue weighted by molar-refractivity contribution is 4.51. The normalized spacial score (nSPS) is 6.20. The van der Waals surface area contributed by atoms with Gasteiger partial charge in [-0.25, -0.2) is 0 Å². The first-order chi connectivity index (χ1) is 4.56. The van der Waals surface area contributed by atoms with Crippen molar-refractivity contribution < 1.29 is 5.11 Å². The van der Waals surface area contributed by atoms with Gasteiger partial charge in [0.1, 0.15) is 0 Å². The summed E-state index contributed by atoms with van der Waals surface area (Å²) in [6, 6.07) is 0. The van der Waals surface area contributed by atoms with E-state index in [-0.39, 0.29) is 6.10 Å². The van der Waals surface area contributed by atoms with Crippen LogP contribution in [-0.4, -0.2) is 11.2 Å². The summed E-state index contributed by atoms with van der Waals surface area (Å²) in [5.41, 5.74) is 0. The van der Waals surface area contributed by atoms with Gasteiger partial charge in [0.15, 0.2) is 0 Å². The molecule has 0 aromatic carbocycles. The zero-order valence-electron chi connectivity index (χ0n) is 7.59. The average molecular weight is 144 g/mol. The Kier molecular flexibility index (Phi) is 38.4. The lowest BCUT2D eigenvalue weighted by Crippen LogP contribution is -1.85. The second-order valence-electron chi connectivity index (χ2n) is 1.91. The van der Waals surface area contributed by atoms with Crippen molar-refractivity contribution in [3.63, 3.8) is 0 Å². The minimum absolute atomic E-state index is 0.167. The molecule has 0 unspecified atom stereocenters. The highest BCUT2D eigenvalue weighted by atomic mass is 16.3. The number of rotatable bonds is 0. The van der Waals surface area contributed by atoms with Crippen LogP contribution in [0.25, 0.3) is 0 Å². The average Bonchev–Trinajstić information content (AvgIpc) is 1.65. The van der Waals surface area contributed by atoms with Crippen LogP contribution in [0.1, 0.15) is 27.7 Å². The van der Waals surface area contributed by atoms with Crippen molar-refractivity contribution in [1.82, 2.24) is 0 Å². The van der Waals surface area contributed by atoms with E-state index in [0.717, 1.165) is 0 Å².